The summed E-state index contributed by atoms with van der Waals surface area (Å²) in [5.41, 5.74) is 1.29. The molecule has 1 aromatic carbocycles. The Balaban J connectivity index is 1.55. The highest BCUT2D eigenvalue weighted by molar-refractivity contribution is 5.93. The molecular weight excluding hydrogens is 302 g/mol. The molecule has 0 saturated heterocycles. The van der Waals surface area contributed by atoms with E-state index in [0.717, 1.165) is 17.4 Å². The number of fused-ring (bicyclic) bond motifs is 3. The molecule has 1 heterocycles. The molecule has 2 bridgehead atoms. The van der Waals surface area contributed by atoms with Crippen molar-refractivity contribution in [2.45, 2.75) is 45.6 Å². The van der Waals surface area contributed by atoms with Gasteiger partial charge >= 0.3 is 0 Å². The molecule has 1 amide bonds. The Hall–Kier alpha value is -2.10. The molecule has 2 aliphatic carbocycles. The highest BCUT2D eigenvalue weighted by Gasteiger charge is 2.42. The van der Waals surface area contributed by atoms with E-state index in [1.165, 1.54) is 31.7 Å². The van der Waals surface area contributed by atoms with Crippen molar-refractivity contribution >= 4 is 16.9 Å². The van der Waals surface area contributed by atoms with E-state index in [4.69, 9.17) is 4.42 Å². The third-order valence-corrected chi connectivity index (χ3v) is 5.90. The van der Waals surface area contributed by atoms with Crippen LogP contribution in [0.4, 0.5) is 0 Å². The third-order valence-electron chi connectivity index (χ3n) is 5.90. The Labute approximate surface area is 141 Å². The predicted molar refractivity (Wildman–Crippen MR) is 93.1 cm³/mol. The minimum absolute atomic E-state index is 0.103. The van der Waals surface area contributed by atoms with Gasteiger partial charge in [-0.25, -0.2) is 0 Å². The Morgan fingerprint density at radius 3 is 2.79 bits per heavy atom. The summed E-state index contributed by atoms with van der Waals surface area (Å²) in [6, 6.07) is 6.85. The normalized spacial score (nSPS) is 26.7. The number of nitrogens with one attached hydrogen (secondary N) is 1. The Morgan fingerprint density at radius 2 is 2.08 bits per heavy atom. The van der Waals surface area contributed by atoms with E-state index in [1.807, 2.05) is 13.0 Å². The summed E-state index contributed by atoms with van der Waals surface area (Å²) in [6.07, 6.45) is 5.17. The average molecular weight is 325 g/mol. The summed E-state index contributed by atoms with van der Waals surface area (Å²) in [5.74, 6) is 1.97. The van der Waals surface area contributed by atoms with Gasteiger partial charge in [-0.15, -0.1) is 0 Å². The second kappa shape index (κ2) is 5.76. The first kappa shape index (κ1) is 15.4. The molecule has 0 aliphatic heterocycles. The minimum atomic E-state index is -0.287. The molecule has 24 heavy (non-hydrogen) atoms. The maximum absolute atomic E-state index is 12.5. The van der Waals surface area contributed by atoms with Crippen LogP contribution in [0.15, 0.2) is 33.5 Å². The van der Waals surface area contributed by atoms with Crippen LogP contribution >= 0.6 is 0 Å². The van der Waals surface area contributed by atoms with E-state index in [-0.39, 0.29) is 23.1 Å². The molecular formula is C20H23NO3. The summed E-state index contributed by atoms with van der Waals surface area (Å²) < 4.78 is 5.67. The monoisotopic (exact) mass is 325 g/mol. The van der Waals surface area contributed by atoms with E-state index in [2.05, 4.69) is 12.2 Å². The van der Waals surface area contributed by atoms with Crippen LogP contribution in [0.2, 0.25) is 0 Å². The highest BCUT2D eigenvalue weighted by atomic mass is 16.3. The highest BCUT2D eigenvalue weighted by Crippen LogP contribution is 2.49. The van der Waals surface area contributed by atoms with Crippen molar-refractivity contribution in [1.29, 1.82) is 0 Å². The van der Waals surface area contributed by atoms with Gasteiger partial charge in [-0.1, -0.05) is 18.1 Å². The van der Waals surface area contributed by atoms with Gasteiger partial charge in [0.25, 0.3) is 5.91 Å². The summed E-state index contributed by atoms with van der Waals surface area (Å²) in [4.78, 5) is 24.8. The standard InChI is InChI=1S/C20H23NO3/c1-11-3-6-18-16(7-11)17(22)10-19(24-18)20(23)21-12(2)15-9-13-4-5-14(15)8-13/h3,6-7,10,12-15H,4-5,8-9H2,1-2H3,(H,21,23)/t12-,13-,14-,15+/m0/s1. The van der Waals surface area contributed by atoms with E-state index in [1.54, 1.807) is 12.1 Å². The minimum Gasteiger partial charge on any atom is -0.451 e. The number of hydrogen-bond acceptors (Lipinski definition) is 3. The Bertz CT molecular complexity index is 854. The number of benzene rings is 1. The van der Waals surface area contributed by atoms with Crippen molar-refractivity contribution in [2.24, 2.45) is 17.8 Å². The molecule has 1 N–H and O–H groups in total. The summed E-state index contributed by atoms with van der Waals surface area (Å²) in [5, 5.41) is 3.58. The SMILES string of the molecule is Cc1ccc2oc(C(=O)N[C@@H](C)[C@H]3C[C@H]4CC[C@H]3C4)cc(=O)c2c1. The van der Waals surface area contributed by atoms with Crippen molar-refractivity contribution < 1.29 is 9.21 Å². The fourth-order valence-electron chi connectivity index (χ4n) is 4.67. The molecule has 126 valence electrons. The van der Waals surface area contributed by atoms with E-state index in [9.17, 15) is 9.59 Å². The van der Waals surface area contributed by atoms with Crippen LogP contribution in [0, 0.1) is 24.7 Å². The lowest BCUT2D eigenvalue weighted by atomic mass is 9.84. The quantitative estimate of drug-likeness (QED) is 0.937. The molecule has 4 rings (SSSR count). The summed E-state index contributed by atoms with van der Waals surface area (Å²) in [6.45, 7) is 4.00. The molecule has 0 unspecified atom stereocenters. The number of hydrogen-bond donors (Lipinski definition) is 1. The van der Waals surface area contributed by atoms with Crippen LogP contribution in [0.5, 0.6) is 0 Å². The molecule has 4 heteroatoms. The molecule has 4 nitrogen and oxygen atoms in total. The number of aryl methyl sites for hydroxylation is 1. The first-order valence-corrected chi connectivity index (χ1v) is 8.86. The van der Waals surface area contributed by atoms with Crippen LogP contribution in [-0.2, 0) is 0 Å². The number of amides is 1. The van der Waals surface area contributed by atoms with Crippen LogP contribution in [0.3, 0.4) is 0 Å². The van der Waals surface area contributed by atoms with Crippen LogP contribution in [0.1, 0.15) is 48.7 Å². The van der Waals surface area contributed by atoms with Gasteiger partial charge in [-0.3, -0.25) is 9.59 Å². The molecule has 2 aromatic rings. The first-order valence-electron chi connectivity index (χ1n) is 8.86. The Morgan fingerprint density at radius 1 is 1.25 bits per heavy atom. The molecule has 0 spiro atoms. The van der Waals surface area contributed by atoms with E-state index in [0.29, 0.717) is 16.9 Å². The van der Waals surface area contributed by atoms with Crippen LogP contribution < -0.4 is 10.7 Å². The predicted octanol–water partition coefficient (Wildman–Crippen LogP) is 3.66. The van der Waals surface area contributed by atoms with Crippen molar-refractivity contribution in [2.75, 3.05) is 0 Å². The van der Waals surface area contributed by atoms with Gasteiger partial charge in [-0.2, -0.15) is 0 Å². The number of carbonyl (C=O) groups excluding carboxylic acids is 1. The van der Waals surface area contributed by atoms with Gasteiger partial charge in [-0.05, 0) is 63.0 Å². The molecule has 1 aromatic heterocycles. The van der Waals surface area contributed by atoms with Crippen molar-refractivity contribution in [1.82, 2.24) is 5.32 Å². The van der Waals surface area contributed by atoms with Crippen molar-refractivity contribution in [3.63, 3.8) is 0 Å². The topological polar surface area (TPSA) is 59.3 Å². The Kier molecular flexibility index (Phi) is 3.70. The largest absolute Gasteiger partial charge is 0.451 e. The average Bonchev–Trinajstić information content (AvgIpc) is 3.18. The smallest absolute Gasteiger partial charge is 0.287 e. The molecule has 2 saturated carbocycles. The summed E-state index contributed by atoms with van der Waals surface area (Å²) in [7, 11) is 0. The maximum Gasteiger partial charge on any atom is 0.287 e. The van der Waals surface area contributed by atoms with Crippen LogP contribution in [-0.4, -0.2) is 11.9 Å². The van der Waals surface area contributed by atoms with E-state index < -0.39 is 0 Å². The lowest BCUT2D eigenvalue weighted by molar-refractivity contribution is 0.0887. The molecule has 4 atom stereocenters. The van der Waals surface area contributed by atoms with Crippen molar-refractivity contribution in [3.05, 3.63) is 45.8 Å². The lowest BCUT2D eigenvalue weighted by Gasteiger charge is -2.28. The molecule has 0 radical (unpaired) electrons. The van der Waals surface area contributed by atoms with Gasteiger partial charge in [0.15, 0.2) is 11.2 Å². The second-order valence-corrected chi connectivity index (χ2v) is 7.58. The summed E-state index contributed by atoms with van der Waals surface area (Å²) >= 11 is 0. The van der Waals surface area contributed by atoms with Gasteiger partial charge in [0.1, 0.15) is 5.58 Å². The zero-order valence-corrected chi connectivity index (χ0v) is 14.2. The number of carbonyl (C=O) groups is 1. The zero-order chi connectivity index (χ0) is 16.8. The lowest BCUT2D eigenvalue weighted by Crippen LogP contribution is -2.40. The van der Waals surface area contributed by atoms with Crippen LogP contribution in [0.25, 0.3) is 11.0 Å². The maximum atomic E-state index is 12.5. The number of rotatable bonds is 3. The molecule has 2 fully saturated rings. The van der Waals surface area contributed by atoms with Gasteiger partial charge < -0.3 is 9.73 Å². The first-order chi connectivity index (χ1) is 11.5. The third kappa shape index (κ3) is 2.64. The fourth-order valence-corrected chi connectivity index (χ4v) is 4.67. The second-order valence-electron chi connectivity index (χ2n) is 7.58. The van der Waals surface area contributed by atoms with Gasteiger partial charge in [0.2, 0.25) is 0 Å². The zero-order valence-electron chi connectivity index (χ0n) is 14.2. The van der Waals surface area contributed by atoms with Gasteiger partial charge in [0, 0.05) is 12.1 Å². The van der Waals surface area contributed by atoms with Crippen molar-refractivity contribution in [3.8, 4) is 0 Å². The molecule has 2 aliphatic rings. The fraction of sp³-hybridized carbons (Fsp3) is 0.500. The van der Waals surface area contributed by atoms with Gasteiger partial charge in [0.05, 0.1) is 5.39 Å². The van der Waals surface area contributed by atoms with E-state index >= 15 is 0 Å².